The van der Waals surface area contributed by atoms with E-state index in [2.05, 4.69) is 4.98 Å². The molecule has 0 unspecified atom stereocenters. The zero-order valence-electron chi connectivity index (χ0n) is 7.31. The van der Waals surface area contributed by atoms with Crippen LogP contribution in [0.5, 0.6) is 0 Å². The Labute approximate surface area is 84.2 Å². The van der Waals surface area contributed by atoms with Gasteiger partial charge in [-0.15, -0.1) is 0 Å². The van der Waals surface area contributed by atoms with Gasteiger partial charge in [0.05, 0.1) is 5.69 Å². The Balaban J connectivity index is 3.11. The van der Waals surface area contributed by atoms with Gasteiger partial charge in [-0.3, -0.25) is 4.57 Å². The second-order valence-corrected chi connectivity index (χ2v) is 4.38. The van der Waals surface area contributed by atoms with Crippen LogP contribution in [0.3, 0.4) is 0 Å². The lowest BCUT2D eigenvalue weighted by atomic mass is 10.3. The summed E-state index contributed by atoms with van der Waals surface area (Å²) in [6.07, 6.45) is 0. The van der Waals surface area contributed by atoms with Crippen LogP contribution in [0.1, 0.15) is 22.0 Å². The number of pyridine rings is 1. The van der Waals surface area contributed by atoms with Crippen molar-refractivity contribution in [2.75, 3.05) is 0 Å². The lowest BCUT2D eigenvalue weighted by molar-refractivity contribution is 0.0689. The summed E-state index contributed by atoms with van der Waals surface area (Å²) in [5.74, 6) is -3.44. The van der Waals surface area contributed by atoms with Crippen LogP contribution in [-0.4, -0.2) is 31.0 Å². The summed E-state index contributed by atoms with van der Waals surface area (Å²) in [7, 11) is -4.73. The maximum Gasteiger partial charge on any atom is 0.359 e. The number of carboxylic acids is 1. The third kappa shape index (κ3) is 2.84. The minimum absolute atomic E-state index is 0.372. The third-order valence-electron chi connectivity index (χ3n) is 1.57. The van der Waals surface area contributed by atoms with E-state index in [-0.39, 0.29) is 11.4 Å². The fraction of sp³-hybridized carbons (Fsp3) is 0.143. The summed E-state index contributed by atoms with van der Waals surface area (Å²) in [6.45, 7) is 0. The van der Waals surface area contributed by atoms with E-state index >= 15 is 0 Å². The van der Waals surface area contributed by atoms with Crippen molar-refractivity contribution in [2.24, 2.45) is 0 Å². The first-order chi connectivity index (χ1) is 6.82. The Bertz CT molecular complexity index is 427. The molecule has 0 radical (unpaired) electrons. The fourth-order valence-electron chi connectivity index (χ4n) is 0.887. The van der Waals surface area contributed by atoms with Crippen molar-refractivity contribution in [2.45, 2.75) is 5.85 Å². The number of hydrogen-bond acceptors (Lipinski definition) is 4. The van der Waals surface area contributed by atoms with E-state index in [4.69, 9.17) is 20.0 Å². The van der Waals surface area contributed by atoms with Gasteiger partial charge in [0.25, 0.3) is 0 Å². The van der Waals surface area contributed by atoms with Crippen LogP contribution in [-0.2, 0) is 4.57 Å². The molecule has 1 rings (SSSR count). The molecule has 0 spiro atoms. The van der Waals surface area contributed by atoms with E-state index in [1.165, 1.54) is 6.07 Å². The van der Waals surface area contributed by atoms with Crippen molar-refractivity contribution in [3.63, 3.8) is 0 Å². The number of rotatable bonds is 3. The Morgan fingerprint density at radius 3 is 2.47 bits per heavy atom. The van der Waals surface area contributed by atoms with Gasteiger partial charge in [-0.1, -0.05) is 6.07 Å². The lowest BCUT2D eigenvalue weighted by Crippen LogP contribution is -2.06. The van der Waals surface area contributed by atoms with Gasteiger partial charge in [0, 0.05) is 0 Å². The summed E-state index contributed by atoms with van der Waals surface area (Å²) < 4.78 is 10.7. The first-order valence-electron chi connectivity index (χ1n) is 3.76. The van der Waals surface area contributed by atoms with Crippen molar-refractivity contribution in [3.8, 4) is 0 Å². The van der Waals surface area contributed by atoms with E-state index in [9.17, 15) is 9.36 Å². The summed E-state index contributed by atoms with van der Waals surface area (Å²) >= 11 is 0. The van der Waals surface area contributed by atoms with Crippen LogP contribution in [0.2, 0.25) is 0 Å². The summed E-state index contributed by atoms with van der Waals surface area (Å²) in [4.78, 5) is 31.2. The smallest absolute Gasteiger partial charge is 0.359 e. The predicted octanol–water partition coefficient (Wildman–Crippen LogP) is -0.0516. The standard InChI is InChI=1S/C7H8NO6P/c9-6(10)4-2-1-3-5(8-4)7(11)15(12,13)14/h1-3,7,11H,(H,9,10)(H2,12,13,14)/t7-/m0/s1. The highest BCUT2D eigenvalue weighted by molar-refractivity contribution is 7.51. The summed E-state index contributed by atoms with van der Waals surface area (Å²) in [5.41, 5.74) is -0.761. The molecule has 1 aromatic heterocycles. The number of aliphatic hydroxyl groups is 1. The zero-order chi connectivity index (χ0) is 11.6. The molecule has 0 aliphatic heterocycles. The molecule has 0 aliphatic rings. The number of carboxylic acid groups (broad SMARTS) is 1. The van der Waals surface area contributed by atoms with Gasteiger partial charge in [0.2, 0.25) is 0 Å². The number of carbonyl (C=O) groups is 1. The van der Waals surface area contributed by atoms with Gasteiger partial charge < -0.3 is 20.0 Å². The van der Waals surface area contributed by atoms with Crippen molar-refractivity contribution in [1.29, 1.82) is 0 Å². The molecule has 0 bridgehead atoms. The lowest BCUT2D eigenvalue weighted by Gasteiger charge is -2.11. The normalized spacial score (nSPS) is 13.5. The average Bonchev–Trinajstić information content (AvgIpc) is 2.15. The molecular formula is C7H8NO6P. The quantitative estimate of drug-likeness (QED) is 0.538. The number of hydrogen-bond donors (Lipinski definition) is 4. The molecule has 0 aliphatic carbocycles. The molecule has 1 heterocycles. The molecule has 0 amide bonds. The largest absolute Gasteiger partial charge is 0.477 e. The van der Waals surface area contributed by atoms with Gasteiger partial charge in [0.15, 0.2) is 5.85 Å². The van der Waals surface area contributed by atoms with Crippen LogP contribution in [0.25, 0.3) is 0 Å². The van der Waals surface area contributed by atoms with Gasteiger partial charge in [0.1, 0.15) is 5.69 Å². The molecule has 0 saturated heterocycles. The van der Waals surface area contributed by atoms with E-state index < -0.39 is 19.4 Å². The van der Waals surface area contributed by atoms with Gasteiger partial charge in [-0.2, -0.15) is 0 Å². The minimum Gasteiger partial charge on any atom is -0.477 e. The van der Waals surface area contributed by atoms with Gasteiger partial charge in [-0.25, -0.2) is 9.78 Å². The van der Waals surface area contributed by atoms with Crippen molar-refractivity contribution in [3.05, 3.63) is 29.6 Å². The molecular weight excluding hydrogens is 225 g/mol. The molecule has 1 atom stereocenters. The Kier molecular flexibility index (Phi) is 3.21. The maximum absolute atomic E-state index is 10.7. The first kappa shape index (κ1) is 11.8. The van der Waals surface area contributed by atoms with Crippen LogP contribution in [0.15, 0.2) is 18.2 Å². The topological polar surface area (TPSA) is 128 Å². The van der Waals surface area contributed by atoms with E-state index in [1.54, 1.807) is 0 Å². The van der Waals surface area contributed by atoms with Gasteiger partial charge >= 0.3 is 13.6 Å². The van der Waals surface area contributed by atoms with E-state index in [1.807, 2.05) is 0 Å². The van der Waals surface area contributed by atoms with Crippen LogP contribution >= 0.6 is 7.60 Å². The van der Waals surface area contributed by atoms with E-state index in [0.29, 0.717) is 0 Å². The van der Waals surface area contributed by atoms with Crippen LogP contribution in [0, 0.1) is 0 Å². The zero-order valence-corrected chi connectivity index (χ0v) is 8.20. The predicted molar refractivity (Wildman–Crippen MR) is 48.2 cm³/mol. The molecule has 8 heteroatoms. The molecule has 0 fully saturated rings. The third-order valence-corrected chi connectivity index (χ3v) is 2.47. The monoisotopic (exact) mass is 233 g/mol. The first-order valence-corrected chi connectivity index (χ1v) is 5.44. The Hall–Kier alpha value is -1.27. The average molecular weight is 233 g/mol. The van der Waals surface area contributed by atoms with Crippen LogP contribution < -0.4 is 0 Å². The van der Waals surface area contributed by atoms with Crippen LogP contribution in [0.4, 0.5) is 0 Å². The summed E-state index contributed by atoms with van der Waals surface area (Å²) in [5, 5.41) is 17.7. The second-order valence-electron chi connectivity index (χ2n) is 2.72. The molecule has 82 valence electrons. The van der Waals surface area contributed by atoms with E-state index in [0.717, 1.165) is 12.1 Å². The highest BCUT2D eigenvalue weighted by Gasteiger charge is 2.29. The molecule has 0 aromatic carbocycles. The molecule has 0 saturated carbocycles. The second kappa shape index (κ2) is 4.08. The highest BCUT2D eigenvalue weighted by atomic mass is 31.2. The number of aromatic nitrogens is 1. The SMILES string of the molecule is O=C(O)c1cccc([C@@H](O)P(=O)(O)O)n1. The number of aromatic carboxylic acids is 1. The molecule has 1 aromatic rings. The van der Waals surface area contributed by atoms with Crippen molar-refractivity contribution < 1.29 is 29.4 Å². The molecule has 7 nitrogen and oxygen atoms in total. The number of nitrogens with zero attached hydrogens (tertiary/aromatic N) is 1. The number of aliphatic hydroxyl groups excluding tert-OH is 1. The van der Waals surface area contributed by atoms with Gasteiger partial charge in [-0.05, 0) is 12.1 Å². The molecule has 4 N–H and O–H groups in total. The Morgan fingerprint density at radius 1 is 1.40 bits per heavy atom. The van der Waals surface area contributed by atoms with Crippen molar-refractivity contribution >= 4 is 13.6 Å². The highest BCUT2D eigenvalue weighted by Crippen LogP contribution is 2.49. The fourth-order valence-corrected chi connectivity index (χ4v) is 1.38. The summed E-state index contributed by atoms with van der Waals surface area (Å²) in [6, 6.07) is 3.53. The molecule has 15 heavy (non-hydrogen) atoms. The van der Waals surface area contributed by atoms with Crippen molar-refractivity contribution in [1.82, 2.24) is 4.98 Å². The maximum atomic E-state index is 10.7. The Morgan fingerprint density at radius 2 is 2.00 bits per heavy atom. The minimum atomic E-state index is -4.73.